The number of carbonyl (C=O) groups is 1. The number of rotatable bonds is 2. The molecule has 0 unspecified atom stereocenters. The summed E-state index contributed by atoms with van der Waals surface area (Å²) < 4.78 is 0. The fourth-order valence-electron chi connectivity index (χ4n) is 1.96. The zero-order valence-corrected chi connectivity index (χ0v) is 10.5. The molecule has 0 fully saturated rings. The first-order chi connectivity index (χ1) is 10.1. The molecule has 3 aromatic rings. The Hall–Kier alpha value is -3.47. The Kier molecular flexibility index (Phi) is 2.73. The summed E-state index contributed by atoms with van der Waals surface area (Å²) in [5.74, 6) is -1.69. The molecule has 1 aromatic heterocycles. The first-order valence-electron chi connectivity index (χ1n) is 5.88. The maximum Gasteiger partial charge on any atom is 0.429 e. The van der Waals surface area contributed by atoms with E-state index in [1.54, 1.807) is 24.3 Å². The van der Waals surface area contributed by atoms with E-state index in [1.807, 2.05) is 6.07 Å². The second-order valence-electron chi connectivity index (χ2n) is 4.22. The lowest BCUT2D eigenvalue weighted by Crippen LogP contribution is -1.99. The standard InChI is InChI=1S/C13H7N5O3/c14-15-9-6-8(13(20)21)10-11(12(9)19)17-18(16-10)7-4-2-1-3-5-7/h1-6H,(H-,16,19,20,21)/p+1. The topological polar surface area (TPSA) is 116 Å². The molecule has 0 aliphatic rings. The quantitative estimate of drug-likeness (QED) is 0.696. The van der Waals surface area contributed by atoms with Gasteiger partial charge in [0.2, 0.25) is 11.1 Å². The van der Waals surface area contributed by atoms with E-state index in [1.165, 1.54) is 4.80 Å². The van der Waals surface area contributed by atoms with E-state index in [0.29, 0.717) is 5.69 Å². The van der Waals surface area contributed by atoms with Gasteiger partial charge in [-0.1, -0.05) is 18.2 Å². The number of fused-ring (bicyclic) bond motifs is 1. The van der Waals surface area contributed by atoms with Crippen LogP contribution in [0.5, 0.6) is 5.75 Å². The van der Waals surface area contributed by atoms with Crippen LogP contribution in [-0.2, 0) is 0 Å². The normalized spacial score (nSPS) is 10.4. The molecule has 8 nitrogen and oxygen atoms in total. The molecule has 0 bridgehead atoms. The molecular weight excluding hydrogens is 274 g/mol. The average molecular weight is 282 g/mol. The van der Waals surface area contributed by atoms with Crippen LogP contribution >= 0.6 is 0 Å². The molecule has 0 spiro atoms. The summed E-state index contributed by atoms with van der Waals surface area (Å²) in [6, 6.07) is 9.85. The van der Waals surface area contributed by atoms with Crippen molar-refractivity contribution in [1.29, 1.82) is 5.39 Å². The third-order valence-electron chi connectivity index (χ3n) is 2.94. The smallest absolute Gasteiger partial charge is 0.429 e. The minimum absolute atomic E-state index is 0.0104. The van der Waals surface area contributed by atoms with E-state index < -0.39 is 11.7 Å². The number of hydrogen-bond donors (Lipinski definition) is 2. The number of nitrogens with zero attached hydrogens (tertiary/aromatic N) is 5. The van der Waals surface area contributed by atoms with Gasteiger partial charge in [-0.15, -0.1) is 10.2 Å². The van der Waals surface area contributed by atoms with Crippen molar-refractivity contribution in [2.45, 2.75) is 0 Å². The van der Waals surface area contributed by atoms with Crippen LogP contribution in [0.1, 0.15) is 10.4 Å². The van der Waals surface area contributed by atoms with E-state index in [9.17, 15) is 15.0 Å². The molecule has 0 aliphatic carbocycles. The van der Waals surface area contributed by atoms with Crippen molar-refractivity contribution in [3.63, 3.8) is 0 Å². The van der Waals surface area contributed by atoms with Crippen molar-refractivity contribution >= 4 is 22.7 Å². The number of phenols is 1. The highest BCUT2D eigenvalue weighted by atomic mass is 16.4. The molecule has 1 heterocycles. The van der Waals surface area contributed by atoms with Gasteiger partial charge in [-0.05, 0) is 12.1 Å². The molecule has 0 radical (unpaired) electrons. The highest BCUT2D eigenvalue weighted by Gasteiger charge is 2.27. The van der Waals surface area contributed by atoms with Gasteiger partial charge in [-0.25, -0.2) is 4.79 Å². The summed E-state index contributed by atoms with van der Waals surface area (Å²) in [6.07, 6.45) is 0. The van der Waals surface area contributed by atoms with Crippen LogP contribution in [0.2, 0.25) is 0 Å². The molecular formula is C13H8N5O3+. The third kappa shape index (κ3) is 1.93. The van der Waals surface area contributed by atoms with E-state index >= 15 is 0 Å². The molecule has 3 rings (SSSR count). The summed E-state index contributed by atoms with van der Waals surface area (Å²) in [6.45, 7) is 0. The van der Waals surface area contributed by atoms with Crippen LogP contribution < -0.4 is 0 Å². The largest absolute Gasteiger partial charge is 0.500 e. The predicted molar refractivity (Wildman–Crippen MR) is 72.2 cm³/mol. The first kappa shape index (κ1) is 12.6. The molecule has 2 N–H and O–H groups in total. The van der Waals surface area contributed by atoms with Crippen molar-refractivity contribution in [2.75, 3.05) is 0 Å². The van der Waals surface area contributed by atoms with Crippen molar-refractivity contribution in [3.05, 3.63) is 46.9 Å². The number of carboxylic acids is 1. The summed E-state index contributed by atoms with van der Waals surface area (Å²) in [7, 11) is 0. The minimum Gasteiger partial charge on any atom is -0.500 e. The Morgan fingerprint density at radius 3 is 2.48 bits per heavy atom. The molecule has 0 saturated heterocycles. The Bertz CT molecular complexity index is 896. The van der Waals surface area contributed by atoms with E-state index in [0.717, 1.165) is 6.07 Å². The van der Waals surface area contributed by atoms with Gasteiger partial charge in [0.25, 0.3) is 0 Å². The van der Waals surface area contributed by atoms with E-state index in [-0.39, 0.29) is 22.3 Å². The van der Waals surface area contributed by atoms with Crippen LogP contribution in [-0.4, -0.2) is 31.2 Å². The number of hydrogen-bond acceptors (Lipinski definition) is 5. The Morgan fingerprint density at radius 1 is 1.19 bits per heavy atom. The summed E-state index contributed by atoms with van der Waals surface area (Å²) in [5, 5.41) is 36.1. The van der Waals surface area contributed by atoms with Crippen molar-refractivity contribution in [1.82, 2.24) is 15.0 Å². The maximum atomic E-state index is 11.3. The van der Waals surface area contributed by atoms with E-state index in [4.69, 9.17) is 5.39 Å². The third-order valence-corrected chi connectivity index (χ3v) is 2.94. The Morgan fingerprint density at radius 2 is 1.86 bits per heavy atom. The number of aromatic hydroxyl groups is 1. The molecule has 0 saturated carbocycles. The van der Waals surface area contributed by atoms with Gasteiger partial charge in [0.05, 0.1) is 17.3 Å². The predicted octanol–water partition coefficient (Wildman–Crippen LogP) is 2.31. The van der Waals surface area contributed by atoms with Gasteiger partial charge in [0.1, 0.15) is 5.52 Å². The van der Waals surface area contributed by atoms with Crippen LogP contribution in [0, 0.1) is 5.39 Å². The number of aromatic nitrogens is 3. The number of aromatic carboxylic acids is 1. The second-order valence-corrected chi connectivity index (χ2v) is 4.22. The van der Waals surface area contributed by atoms with Crippen LogP contribution in [0.4, 0.5) is 5.69 Å². The van der Waals surface area contributed by atoms with Gasteiger partial charge in [-0.3, -0.25) is 0 Å². The van der Waals surface area contributed by atoms with Crippen molar-refractivity contribution < 1.29 is 15.0 Å². The number of diazo groups is 1. The van der Waals surface area contributed by atoms with Gasteiger partial charge < -0.3 is 10.2 Å². The maximum absolute atomic E-state index is 11.3. The number of para-hydroxylation sites is 1. The second kappa shape index (κ2) is 4.57. The lowest BCUT2D eigenvalue weighted by Gasteiger charge is -1.96. The van der Waals surface area contributed by atoms with Gasteiger partial charge in [0.15, 0.2) is 10.5 Å². The first-order valence-corrected chi connectivity index (χ1v) is 5.88. The minimum atomic E-state index is -1.26. The van der Waals surface area contributed by atoms with E-state index in [2.05, 4.69) is 15.2 Å². The lowest BCUT2D eigenvalue weighted by atomic mass is 10.1. The SMILES string of the molecule is N#[N+]c1cc(C(=O)O)c2nn(-c3ccccc3)nc2c1O. The molecule has 0 amide bonds. The number of carboxylic acid groups (broad SMARTS) is 1. The summed E-state index contributed by atoms with van der Waals surface area (Å²) in [4.78, 5) is 15.3. The highest BCUT2D eigenvalue weighted by molar-refractivity contribution is 6.05. The number of benzene rings is 2. The van der Waals surface area contributed by atoms with Crippen molar-refractivity contribution in [3.8, 4) is 11.4 Å². The number of phenolic OH excluding ortho intramolecular Hbond substituents is 1. The van der Waals surface area contributed by atoms with Crippen molar-refractivity contribution in [2.24, 2.45) is 0 Å². The Labute approximate surface area is 117 Å². The molecule has 2 aromatic carbocycles. The average Bonchev–Trinajstić information content (AvgIpc) is 2.94. The lowest BCUT2D eigenvalue weighted by molar-refractivity contribution is 0.0699. The van der Waals surface area contributed by atoms with Gasteiger partial charge >= 0.3 is 11.7 Å². The molecule has 0 aliphatic heterocycles. The molecule has 8 heteroatoms. The summed E-state index contributed by atoms with van der Waals surface area (Å²) in [5.41, 5.74) is 0.0764. The monoisotopic (exact) mass is 282 g/mol. The summed E-state index contributed by atoms with van der Waals surface area (Å²) >= 11 is 0. The highest BCUT2D eigenvalue weighted by Crippen LogP contribution is 2.35. The molecule has 0 atom stereocenters. The van der Waals surface area contributed by atoms with Gasteiger partial charge in [0, 0.05) is 0 Å². The van der Waals surface area contributed by atoms with Crippen LogP contribution in [0.3, 0.4) is 0 Å². The van der Waals surface area contributed by atoms with Crippen LogP contribution in [0.15, 0.2) is 36.4 Å². The van der Waals surface area contributed by atoms with Gasteiger partial charge in [-0.2, -0.15) is 4.80 Å². The molecule has 102 valence electrons. The fraction of sp³-hybridized carbons (Fsp3) is 0. The fourth-order valence-corrected chi connectivity index (χ4v) is 1.96. The molecule has 21 heavy (non-hydrogen) atoms. The Balaban J connectivity index is 2.35. The zero-order valence-electron chi connectivity index (χ0n) is 10.5. The van der Waals surface area contributed by atoms with Crippen LogP contribution in [0.25, 0.3) is 21.7 Å². The zero-order chi connectivity index (χ0) is 15.0.